The molecular weight excluding hydrogens is 445 g/mol. The van der Waals surface area contributed by atoms with Gasteiger partial charge in [-0.2, -0.15) is 13.2 Å². The Kier molecular flexibility index (Phi) is 7.85. The van der Waals surface area contributed by atoms with Gasteiger partial charge in [0.2, 0.25) is 0 Å². The van der Waals surface area contributed by atoms with E-state index in [4.69, 9.17) is 9.84 Å². The van der Waals surface area contributed by atoms with Gasteiger partial charge in [-0.15, -0.1) is 0 Å². The number of halogens is 3. The average molecular weight is 468 g/mol. The number of carboxylic acid groups (broad SMARTS) is 1. The van der Waals surface area contributed by atoms with Crippen LogP contribution in [0.1, 0.15) is 26.3 Å². The third-order valence-electron chi connectivity index (χ3n) is 4.17. The molecule has 0 bridgehead atoms. The van der Waals surface area contributed by atoms with Crippen LogP contribution < -0.4 is 15.4 Å². The molecule has 2 amide bonds. The van der Waals surface area contributed by atoms with E-state index in [1.54, 1.807) is 19.9 Å². The largest absolute Gasteiger partial charge is 0.489 e. The zero-order valence-corrected chi connectivity index (χ0v) is 18.3. The van der Waals surface area contributed by atoms with E-state index in [1.807, 2.05) is 0 Å². The summed E-state index contributed by atoms with van der Waals surface area (Å²) in [4.78, 5) is 30.4. The minimum atomic E-state index is -4.78. The number of methoxy groups -OCH3 is 1. The fraction of sp³-hybridized carbons (Fsp3) is 0.333. The first-order valence-corrected chi connectivity index (χ1v) is 9.51. The SMILES string of the molecule is COC(=O)Nc1cc(-c2cc(C(F)(F)F)c(OCC(C)(C=C(C)C)NC(=O)O)cn2)ccn1. The number of ether oxygens (including phenoxy) is 2. The van der Waals surface area contributed by atoms with Crippen LogP contribution in [0.4, 0.5) is 28.6 Å². The Hall–Kier alpha value is -3.83. The molecule has 0 aliphatic carbocycles. The molecule has 2 aromatic rings. The Labute approximate surface area is 187 Å². The average Bonchev–Trinajstić information content (AvgIpc) is 2.70. The molecule has 0 aliphatic heterocycles. The van der Waals surface area contributed by atoms with E-state index in [1.165, 1.54) is 25.3 Å². The van der Waals surface area contributed by atoms with Crippen LogP contribution in [0.3, 0.4) is 0 Å². The topological polar surface area (TPSA) is 123 Å². The van der Waals surface area contributed by atoms with Crippen LogP contribution in [0.15, 0.2) is 42.2 Å². The highest BCUT2D eigenvalue weighted by Crippen LogP contribution is 2.38. The number of hydrogen-bond acceptors (Lipinski definition) is 6. The summed E-state index contributed by atoms with van der Waals surface area (Å²) >= 11 is 0. The molecule has 2 heterocycles. The predicted octanol–water partition coefficient (Wildman–Crippen LogP) is 4.71. The predicted molar refractivity (Wildman–Crippen MR) is 113 cm³/mol. The van der Waals surface area contributed by atoms with Crippen molar-refractivity contribution in [3.05, 3.63) is 47.8 Å². The fourth-order valence-electron chi connectivity index (χ4n) is 2.97. The van der Waals surface area contributed by atoms with Crippen molar-refractivity contribution >= 4 is 18.0 Å². The Bertz CT molecular complexity index is 1050. The lowest BCUT2D eigenvalue weighted by Gasteiger charge is -2.27. The van der Waals surface area contributed by atoms with Gasteiger partial charge in [0, 0.05) is 11.8 Å². The lowest BCUT2D eigenvalue weighted by molar-refractivity contribution is -0.139. The number of hydrogen-bond donors (Lipinski definition) is 3. The van der Waals surface area contributed by atoms with Gasteiger partial charge in [-0.05, 0) is 39.0 Å². The highest BCUT2D eigenvalue weighted by Gasteiger charge is 2.36. The molecule has 178 valence electrons. The third-order valence-corrected chi connectivity index (χ3v) is 4.17. The molecule has 12 heteroatoms. The van der Waals surface area contributed by atoms with Crippen molar-refractivity contribution in [3.63, 3.8) is 0 Å². The second-order valence-electron chi connectivity index (χ2n) is 7.47. The molecule has 0 aromatic carbocycles. The molecule has 33 heavy (non-hydrogen) atoms. The van der Waals surface area contributed by atoms with E-state index < -0.39 is 41.8 Å². The van der Waals surface area contributed by atoms with E-state index in [0.29, 0.717) is 0 Å². The number of carbonyl (C=O) groups excluding carboxylic acids is 1. The Morgan fingerprint density at radius 2 is 1.91 bits per heavy atom. The van der Waals surface area contributed by atoms with Crippen LogP contribution in [-0.2, 0) is 10.9 Å². The maximum absolute atomic E-state index is 13.8. The molecule has 9 nitrogen and oxygen atoms in total. The third kappa shape index (κ3) is 7.37. The molecule has 0 spiro atoms. The van der Waals surface area contributed by atoms with Gasteiger partial charge in [0.1, 0.15) is 23.7 Å². The van der Waals surface area contributed by atoms with Crippen molar-refractivity contribution in [1.82, 2.24) is 15.3 Å². The Morgan fingerprint density at radius 3 is 2.48 bits per heavy atom. The Morgan fingerprint density at radius 1 is 1.21 bits per heavy atom. The van der Waals surface area contributed by atoms with Gasteiger partial charge in [-0.1, -0.05) is 11.6 Å². The van der Waals surface area contributed by atoms with Crippen LogP contribution in [0.2, 0.25) is 0 Å². The zero-order chi connectivity index (χ0) is 24.8. The smallest absolute Gasteiger partial charge is 0.420 e. The fourth-order valence-corrected chi connectivity index (χ4v) is 2.97. The van der Waals surface area contributed by atoms with Gasteiger partial charge in [0.25, 0.3) is 0 Å². The standard InChI is InChI=1S/C21H23F3N4O5/c1-12(2)9-20(3,28-18(29)30)11-33-16-10-26-15(8-14(16)21(22,23)24)13-5-6-25-17(7-13)27-19(31)32-4/h5-10,28H,11H2,1-4H3,(H,29,30)(H,25,27,31). The summed E-state index contributed by atoms with van der Waals surface area (Å²) in [5, 5.41) is 13.6. The van der Waals surface area contributed by atoms with Crippen LogP contribution in [-0.4, -0.2) is 46.5 Å². The first-order valence-electron chi connectivity index (χ1n) is 9.51. The van der Waals surface area contributed by atoms with Crippen molar-refractivity contribution < 1.29 is 37.3 Å². The monoisotopic (exact) mass is 468 g/mol. The van der Waals surface area contributed by atoms with Gasteiger partial charge >= 0.3 is 18.4 Å². The van der Waals surface area contributed by atoms with Gasteiger partial charge in [0.15, 0.2) is 0 Å². The molecule has 2 rings (SSSR count). The van der Waals surface area contributed by atoms with E-state index >= 15 is 0 Å². The van der Waals surface area contributed by atoms with Crippen molar-refractivity contribution in [1.29, 1.82) is 0 Å². The summed E-state index contributed by atoms with van der Waals surface area (Å²) in [5.41, 5.74) is -1.41. The summed E-state index contributed by atoms with van der Waals surface area (Å²) in [6.45, 7) is 4.52. The normalized spacial score (nSPS) is 12.8. The number of anilines is 1. The molecule has 2 aromatic heterocycles. The highest BCUT2D eigenvalue weighted by molar-refractivity contribution is 5.84. The van der Waals surface area contributed by atoms with Crippen LogP contribution in [0, 0.1) is 0 Å². The molecule has 0 saturated carbocycles. The maximum atomic E-state index is 13.8. The number of rotatable bonds is 7. The maximum Gasteiger partial charge on any atom is 0.420 e. The quantitative estimate of drug-likeness (QED) is 0.503. The van der Waals surface area contributed by atoms with Crippen molar-refractivity contribution in [2.24, 2.45) is 0 Å². The number of nitrogens with zero attached hydrogens (tertiary/aromatic N) is 2. The van der Waals surface area contributed by atoms with Crippen LogP contribution in [0.25, 0.3) is 11.3 Å². The molecule has 1 atom stereocenters. The van der Waals surface area contributed by atoms with Crippen molar-refractivity contribution in [2.75, 3.05) is 19.0 Å². The van der Waals surface area contributed by atoms with Gasteiger partial charge in [-0.3, -0.25) is 10.3 Å². The first kappa shape index (κ1) is 25.4. The molecule has 0 aliphatic rings. The van der Waals surface area contributed by atoms with Crippen molar-refractivity contribution in [3.8, 4) is 17.0 Å². The Balaban J connectivity index is 2.39. The molecule has 3 N–H and O–H groups in total. The number of alkyl halides is 3. The van der Waals surface area contributed by atoms with E-state index in [2.05, 4.69) is 25.3 Å². The number of carbonyl (C=O) groups is 2. The first-order chi connectivity index (χ1) is 15.3. The van der Waals surface area contributed by atoms with E-state index in [0.717, 1.165) is 24.9 Å². The number of allylic oxidation sites excluding steroid dienone is 1. The zero-order valence-electron chi connectivity index (χ0n) is 18.3. The van der Waals surface area contributed by atoms with Gasteiger partial charge < -0.3 is 19.9 Å². The number of pyridine rings is 2. The van der Waals surface area contributed by atoms with Gasteiger partial charge in [0.05, 0.1) is 24.5 Å². The number of nitrogens with one attached hydrogen (secondary N) is 2. The summed E-state index contributed by atoms with van der Waals surface area (Å²) in [7, 11) is 1.16. The minimum absolute atomic E-state index is 0.0410. The second kappa shape index (κ2) is 10.2. The second-order valence-corrected chi connectivity index (χ2v) is 7.47. The van der Waals surface area contributed by atoms with E-state index in [-0.39, 0.29) is 17.1 Å². The minimum Gasteiger partial charge on any atom is -0.489 e. The number of amides is 2. The summed E-state index contributed by atoms with van der Waals surface area (Å²) in [5.74, 6) is -0.499. The lowest BCUT2D eigenvalue weighted by atomic mass is 10.0. The molecule has 0 fully saturated rings. The molecule has 0 radical (unpaired) electrons. The highest BCUT2D eigenvalue weighted by atomic mass is 19.4. The van der Waals surface area contributed by atoms with Crippen LogP contribution in [0.5, 0.6) is 5.75 Å². The molecule has 0 saturated heterocycles. The molecule has 1 unspecified atom stereocenters. The number of aromatic nitrogens is 2. The van der Waals surface area contributed by atoms with Gasteiger partial charge in [-0.25, -0.2) is 14.6 Å². The molecular formula is C21H23F3N4O5. The summed E-state index contributed by atoms with van der Waals surface area (Å²) in [6, 6.07) is 3.56. The van der Waals surface area contributed by atoms with Crippen LogP contribution >= 0.6 is 0 Å². The summed E-state index contributed by atoms with van der Waals surface area (Å²) in [6.07, 6.45) is -3.17. The van der Waals surface area contributed by atoms with E-state index in [9.17, 15) is 22.8 Å². The van der Waals surface area contributed by atoms with Crippen molar-refractivity contribution in [2.45, 2.75) is 32.5 Å². The summed E-state index contributed by atoms with van der Waals surface area (Å²) < 4.78 is 51.1. The lowest BCUT2D eigenvalue weighted by Crippen LogP contribution is -2.48.